The predicted molar refractivity (Wildman–Crippen MR) is 111 cm³/mol. The summed E-state index contributed by atoms with van der Waals surface area (Å²) in [5.41, 5.74) is 10.5. The van der Waals surface area contributed by atoms with Crippen molar-refractivity contribution >= 4 is 11.7 Å². The van der Waals surface area contributed by atoms with E-state index in [1.807, 2.05) is 0 Å². The summed E-state index contributed by atoms with van der Waals surface area (Å²) >= 11 is 0. The predicted octanol–water partition coefficient (Wildman–Crippen LogP) is 3.13. The van der Waals surface area contributed by atoms with Crippen LogP contribution in [-0.4, -0.2) is 33.3 Å². The van der Waals surface area contributed by atoms with Gasteiger partial charge in [0.1, 0.15) is 29.2 Å². The summed E-state index contributed by atoms with van der Waals surface area (Å²) in [7, 11) is 0. The second kappa shape index (κ2) is 9.20. The van der Waals surface area contributed by atoms with Crippen LogP contribution < -0.4 is 21.5 Å². The van der Waals surface area contributed by atoms with Crippen LogP contribution in [0.25, 0.3) is 11.4 Å². The third-order valence-corrected chi connectivity index (χ3v) is 4.40. The number of aromatic nitrogens is 2. The minimum atomic E-state index is -4.42. The fourth-order valence-corrected chi connectivity index (χ4v) is 2.62. The molecule has 3 rings (SSSR count). The summed E-state index contributed by atoms with van der Waals surface area (Å²) in [4.78, 5) is 20.1. The van der Waals surface area contributed by atoms with Gasteiger partial charge in [-0.05, 0) is 55.5 Å². The van der Waals surface area contributed by atoms with E-state index in [1.165, 1.54) is 18.2 Å². The van der Waals surface area contributed by atoms with Gasteiger partial charge in [0.2, 0.25) is 0 Å². The lowest BCUT2D eigenvalue weighted by atomic mass is 10.2. The van der Waals surface area contributed by atoms with E-state index >= 15 is 0 Å². The lowest BCUT2D eigenvalue weighted by Gasteiger charge is -2.17. The molecule has 3 aromatic rings. The Morgan fingerprint density at radius 1 is 1.06 bits per heavy atom. The maximum atomic E-state index is 12.7. The van der Waals surface area contributed by atoms with Crippen molar-refractivity contribution in [1.29, 1.82) is 0 Å². The number of aliphatic hydroxyl groups is 1. The van der Waals surface area contributed by atoms with Crippen LogP contribution in [-0.2, 0) is 6.18 Å². The van der Waals surface area contributed by atoms with Crippen molar-refractivity contribution in [1.82, 2.24) is 9.97 Å². The van der Waals surface area contributed by atoms with Gasteiger partial charge in [0.05, 0.1) is 11.6 Å². The molecule has 0 aliphatic rings. The number of aliphatic hydroxyl groups excluding tert-OH is 1. The molecule has 1 aromatic heterocycles. The molecule has 8 nitrogen and oxygen atoms in total. The number of amides is 1. The van der Waals surface area contributed by atoms with Gasteiger partial charge in [0.25, 0.3) is 5.91 Å². The Balaban J connectivity index is 1.81. The molecule has 0 spiro atoms. The molecule has 6 N–H and O–H groups in total. The standard InChI is InChI=1S/C21H20F3N5O3/c1-11(18(25)30)27-17-10-16(19(26)31)28-20(29-17)12-2-6-14(7-3-12)32-15-8-4-13(5-9-15)21(22,23)24/h2-11,18,30H,25H2,1H3,(H2,26,31)(H,27,28,29)/t11-,18?/m0/s1. The molecule has 0 radical (unpaired) electrons. The molecule has 0 fully saturated rings. The zero-order valence-corrected chi connectivity index (χ0v) is 16.8. The van der Waals surface area contributed by atoms with Gasteiger partial charge < -0.3 is 26.6 Å². The number of carbonyl (C=O) groups excluding carboxylic acids is 1. The van der Waals surface area contributed by atoms with E-state index in [0.717, 1.165) is 12.1 Å². The molecular formula is C21H20F3N5O3. The van der Waals surface area contributed by atoms with E-state index in [-0.39, 0.29) is 23.1 Å². The molecule has 0 aliphatic heterocycles. The molecule has 1 unspecified atom stereocenters. The number of nitrogens with one attached hydrogen (secondary N) is 1. The van der Waals surface area contributed by atoms with Gasteiger partial charge in [-0.2, -0.15) is 13.2 Å². The van der Waals surface area contributed by atoms with Gasteiger partial charge >= 0.3 is 6.18 Å². The summed E-state index contributed by atoms with van der Waals surface area (Å²) < 4.78 is 43.6. The van der Waals surface area contributed by atoms with E-state index in [4.69, 9.17) is 16.2 Å². The van der Waals surface area contributed by atoms with E-state index in [0.29, 0.717) is 11.3 Å². The number of nitrogens with zero attached hydrogens (tertiary/aromatic N) is 2. The van der Waals surface area contributed by atoms with Crippen LogP contribution in [0, 0.1) is 0 Å². The molecule has 32 heavy (non-hydrogen) atoms. The maximum absolute atomic E-state index is 12.7. The Morgan fingerprint density at radius 2 is 1.62 bits per heavy atom. The molecule has 0 saturated carbocycles. The smallest absolute Gasteiger partial charge is 0.416 e. The first kappa shape index (κ1) is 23.0. The zero-order valence-electron chi connectivity index (χ0n) is 16.8. The normalized spacial score (nSPS) is 13.3. The number of carbonyl (C=O) groups is 1. The number of nitrogens with two attached hydrogens (primary N) is 2. The van der Waals surface area contributed by atoms with Gasteiger partial charge in [-0.1, -0.05) is 0 Å². The molecular weight excluding hydrogens is 427 g/mol. The number of primary amides is 1. The molecule has 2 aromatic carbocycles. The second-order valence-corrected chi connectivity index (χ2v) is 6.90. The molecule has 1 heterocycles. The highest BCUT2D eigenvalue weighted by Gasteiger charge is 2.30. The van der Waals surface area contributed by atoms with Crippen molar-refractivity contribution in [3.05, 3.63) is 65.9 Å². The molecule has 11 heteroatoms. The van der Waals surface area contributed by atoms with Gasteiger partial charge in [0.15, 0.2) is 5.82 Å². The quantitative estimate of drug-likeness (QED) is 0.409. The van der Waals surface area contributed by atoms with E-state index in [9.17, 15) is 23.1 Å². The maximum Gasteiger partial charge on any atom is 0.416 e. The van der Waals surface area contributed by atoms with E-state index in [1.54, 1.807) is 31.2 Å². The average molecular weight is 447 g/mol. The number of alkyl halides is 3. The number of benzene rings is 2. The Hall–Kier alpha value is -3.70. The van der Waals surface area contributed by atoms with Crippen molar-refractivity contribution in [3.8, 4) is 22.9 Å². The first-order valence-electron chi connectivity index (χ1n) is 9.37. The molecule has 168 valence electrons. The van der Waals surface area contributed by atoms with Crippen molar-refractivity contribution in [2.75, 3.05) is 5.32 Å². The monoisotopic (exact) mass is 447 g/mol. The van der Waals surface area contributed by atoms with Crippen LogP contribution in [0.15, 0.2) is 54.6 Å². The van der Waals surface area contributed by atoms with Gasteiger partial charge in [-0.25, -0.2) is 9.97 Å². The third kappa shape index (κ3) is 5.71. The zero-order chi connectivity index (χ0) is 23.5. The average Bonchev–Trinajstić information content (AvgIpc) is 2.73. The van der Waals surface area contributed by atoms with Gasteiger partial charge in [-0.15, -0.1) is 0 Å². The van der Waals surface area contributed by atoms with Crippen LogP contribution >= 0.6 is 0 Å². The highest BCUT2D eigenvalue weighted by atomic mass is 19.4. The van der Waals surface area contributed by atoms with Crippen LogP contribution in [0.1, 0.15) is 23.0 Å². The Kier molecular flexibility index (Phi) is 6.61. The van der Waals surface area contributed by atoms with Crippen LogP contribution in [0.5, 0.6) is 11.5 Å². The lowest BCUT2D eigenvalue weighted by Crippen LogP contribution is -2.38. The summed E-state index contributed by atoms with van der Waals surface area (Å²) in [6.45, 7) is 1.63. The minimum Gasteiger partial charge on any atom is -0.457 e. The number of rotatable bonds is 7. The SMILES string of the molecule is C[C@H](Nc1cc(C(N)=O)nc(-c2ccc(Oc3ccc(C(F)(F)F)cc3)cc2)n1)C(N)O. The molecule has 0 aliphatic carbocycles. The van der Waals surface area contributed by atoms with Crippen molar-refractivity contribution < 1.29 is 27.8 Å². The van der Waals surface area contributed by atoms with Crippen molar-refractivity contribution in [3.63, 3.8) is 0 Å². The van der Waals surface area contributed by atoms with E-state index < -0.39 is 29.9 Å². The van der Waals surface area contributed by atoms with Gasteiger partial charge in [-0.3, -0.25) is 4.79 Å². The second-order valence-electron chi connectivity index (χ2n) is 6.90. The number of anilines is 1. The summed E-state index contributed by atoms with van der Waals surface area (Å²) in [6.07, 6.45) is -5.58. The fraction of sp³-hybridized carbons (Fsp3) is 0.190. The topological polar surface area (TPSA) is 136 Å². The number of halogens is 3. The third-order valence-electron chi connectivity index (χ3n) is 4.40. The van der Waals surface area contributed by atoms with Gasteiger partial charge in [0, 0.05) is 11.6 Å². The molecule has 0 bridgehead atoms. The van der Waals surface area contributed by atoms with Crippen molar-refractivity contribution in [2.45, 2.75) is 25.4 Å². The van der Waals surface area contributed by atoms with Crippen molar-refractivity contribution in [2.24, 2.45) is 11.5 Å². The molecule has 1 amide bonds. The minimum absolute atomic E-state index is 0.0405. The molecule has 0 saturated heterocycles. The molecule has 2 atom stereocenters. The van der Waals surface area contributed by atoms with Crippen LogP contribution in [0.3, 0.4) is 0 Å². The number of hydrogen-bond acceptors (Lipinski definition) is 7. The lowest BCUT2D eigenvalue weighted by molar-refractivity contribution is -0.137. The first-order valence-corrected chi connectivity index (χ1v) is 9.37. The number of hydrogen-bond donors (Lipinski definition) is 4. The Labute approximate surface area is 181 Å². The van der Waals surface area contributed by atoms with E-state index in [2.05, 4.69) is 15.3 Å². The first-order chi connectivity index (χ1) is 15.0. The highest BCUT2D eigenvalue weighted by Crippen LogP contribution is 2.31. The Bertz CT molecular complexity index is 1090. The largest absolute Gasteiger partial charge is 0.457 e. The number of ether oxygens (including phenoxy) is 1. The Morgan fingerprint density at radius 3 is 2.12 bits per heavy atom. The highest BCUT2D eigenvalue weighted by molar-refractivity contribution is 5.92. The van der Waals surface area contributed by atoms with Crippen LogP contribution in [0.2, 0.25) is 0 Å². The summed E-state index contributed by atoms with van der Waals surface area (Å²) in [5.74, 6) is 0.269. The summed E-state index contributed by atoms with van der Waals surface area (Å²) in [5, 5.41) is 12.3. The summed E-state index contributed by atoms with van der Waals surface area (Å²) in [6, 6.07) is 11.5. The fourth-order valence-electron chi connectivity index (χ4n) is 2.62. The van der Waals surface area contributed by atoms with Crippen LogP contribution in [0.4, 0.5) is 19.0 Å².